The lowest BCUT2D eigenvalue weighted by molar-refractivity contribution is 0.220. The maximum Gasteiger partial charge on any atom is 0.223 e. The van der Waals surface area contributed by atoms with E-state index in [-0.39, 0.29) is 5.95 Å². The van der Waals surface area contributed by atoms with Crippen LogP contribution in [0.3, 0.4) is 0 Å². The monoisotopic (exact) mass is 331 g/mol. The van der Waals surface area contributed by atoms with Crippen molar-refractivity contribution in [2.45, 2.75) is 32.4 Å². The molecule has 1 saturated heterocycles. The first-order valence-electron chi connectivity index (χ1n) is 8.04. The second-order valence-corrected chi connectivity index (χ2v) is 6.28. The topological polar surface area (TPSA) is 67.1 Å². The Kier molecular flexibility index (Phi) is 5.31. The number of rotatable bonds is 5. The first-order valence-corrected chi connectivity index (χ1v) is 8.41. The van der Waals surface area contributed by atoms with Crippen LogP contribution in [0.4, 0.5) is 11.8 Å². The van der Waals surface area contributed by atoms with Gasteiger partial charge in [-0.3, -0.25) is 4.90 Å². The number of hydrogen-bond acceptors (Lipinski definition) is 5. The Morgan fingerprint density at radius 2 is 1.83 bits per heavy atom. The third-order valence-electron chi connectivity index (χ3n) is 4.13. The highest BCUT2D eigenvalue weighted by atomic mass is 35.5. The van der Waals surface area contributed by atoms with Gasteiger partial charge >= 0.3 is 0 Å². The van der Waals surface area contributed by atoms with E-state index in [1.54, 1.807) is 6.07 Å². The Hall–Kier alpha value is -1.85. The van der Waals surface area contributed by atoms with Crippen molar-refractivity contribution in [2.75, 3.05) is 24.1 Å². The molecule has 0 spiro atoms. The average Bonchev–Trinajstić information content (AvgIpc) is 2.54. The molecule has 0 aliphatic carbocycles. The van der Waals surface area contributed by atoms with E-state index in [1.807, 2.05) is 0 Å². The molecule has 0 amide bonds. The first kappa shape index (κ1) is 16.0. The Bertz CT molecular complexity index is 635. The molecule has 1 aliphatic rings. The third kappa shape index (κ3) is 4.56. The molecule has 1 aromatic carbocycles. The van der Waals surface area contributed by atoms with Gasteiger partial charge in [0.15, 0.2) is 0 Å². The van der Waals surface area contributed by atoms with Crippen LogP contribution in [0, 0.1) is 0 Å². The van der Waals surface area contributed by atoms with Gasteiger partial charge in [-0.15, -0.1) is 0 Å². The number of benzene rings is 1. The van der Waals surface area contributed by atoms with Crippen LogP contribution in [-0.4, -0.2) is 28.0 Å². The SMILES string of the molecule is Nc1nc(Cl)cc(NCc2ccccc2CN2CCCCC2)n1. The Balaban J connectivity index is 1.67. The minimum Gasteiger partial charge on any atom is -0.368 e. The summed E-state index contributed by atoms with van der Waals surface area (Å²) >= 11 is 5.91. The average molecular weight is 332 g/mol. The molecule has 3 N–H and O–H groups in total. The summed E-state index contributed by atoms with van der Waals surface area (Å²) in [5, 5.41) is 3.63. The number of nitrogens with zero attached hydrogens (tertiary/aromatic N) is 3. The molecule has 1 fully saturated rings. The summed E-state index contributed by atoms with van der Waals surface area (Å²) in [6.45, 7) is 4.08. The molecule has 2 aromatic rings. The quantitative estimate of drug-likeness (QED) is 0.823. The van der Waals surface area contributed by atoms with Crippen LogP contribution >= 0.6 is 11.6 Å². The van der Waals surface area contributed by atoms with Gasteiger partial charge in [-0.05, 0) is 37.1 Å². The summed E-state index contributed by atoms with van der Waals surface area (Å²) in [5.41, 5.74) is 8.25. The molecule has 23 heavy (non-hydrogen) atoms. The number of nitrogen functional groups attached to an aromatic ring is 1. The van der Waals surface area contributed by atoms with Gasteiger partial charge in [-0.2, -0.15) is 4.98 Å². The standard InChI is InChI=1S/C17H22ClN5/c18-15-10-16(22-17(19)21-15)20-11-13-6-2-3-7-14(13)12-23-8-4-1-5-9-23/h2-3,6-7,10H,1,4-5,8-9,11-12H2,(H3,19,20,21,22). The van der Waals surface area contributed by atoms with E-state index in [0.29, 0.717) is 17.5 Å². The van der Waals surface area contributed by atoms with Crippen LogP contribution in [0.15, 0.2) is 30.3 Å². The Morgan fingerprint density at radius 1 is 1.09 bits per heavy atom. The molecule has 1 aromatic heterocycles. The van der Waals surface area contributed by atoms with Crippen LogP contribution in [0.5, 0.6) is 0 Å². The molecule has 3 rings (SSSR count). The number of aromatic nitrogens is 2. The highest BCUT2D eigenvalue weighted by Gasteiger charge is 2.12. The zero-order chi connectivity index (χ0) is 16.1. The van der Waals surface area contributed by atoms with Gasteiger partial charge in [0.2, 0.25) is 5.95 Å². The molecule has 122 valence electrons. The molecule has 0 saturated carbocycles. The lowest BCUT2D eigenvalue weighted by atomic mass is 10.0. The molecule has 5 nitrogen and oxygen atoms in total. The van der Waals surface area contributed by atoms with E-state index in [0.717, 1.165) is 6.54 Å². The van der Waals surface area contributed by atoms with Crippen molar-refractivity contribution in [1.82, 2.24) is 14.9 Å². The zero-order valence-corrected chi connectivity index (χ0v) is 13.9. The van der Waals surface area contributed by atoms with Gasteiger partial charge in [-0.25, -0.2) is 4.98 Å². The summed E-state index contributed by atoms with van der Waals surface area (Å²) in [6.07, 6.45) is 3.97. The van der Waals surface area contributed by atoms with E-state index in [9.17, 15) is 0 Å². The number of nitrogens with one attached hydrogen (secondary N) is 1. The second kappa shape index (κ2) is 7.62. The number of anilines is 2. The predicted octanol–water partition coefficient (Wildman–Crippen LogP) is 3.31. The van der Waals surface area contributed by atoms with Gasteiger partial charge in [0.25, 0.3) is 0 Å². The van der Waals surface area contributed by atoms with Crippen molar-refractivity contribution in [1.29, 1.82) is 0 Å². The maximum absolute atomic E-state index is 5.91. The van der Waals surface area contributed by atoms with Crippen molar-refractivity contribution < 1.29 is 0 Å². The number of hydrogen-bond donors (Lipinski definition) is 2. The smallest absolute Gasteiger partial charge is 0.223 e. The lowest BCUT2D eigenvalue weighted by Gasteiger charge is -2.27. The van der Waals surface area contributed by atoms with Crippen LogP contribution in [0.25, 0.3) is 0 Å². The first-order chi connectivity index (χ1) is 11.2. The molecule has 2 heterocycles. The Morgan fingerprint density at radius 3 is 2.57 bits per heavy atom. The van der Waals surface area contributed by atoms with Crippen molar-refractivity contribution in [3.05, 3.63) is 46.6 Å². The fourth-order valence-corrected chi connectivity index (χ4v) is 3.14. The van der Waals surface area contributed by atoms with Crippen LogP contribution in [0.2, 0.25) is 5.15 Å². The molecule has 0 unspecified atom stereocenters. The summed E-state index contributed by atoms with van der Waals surface area (Å²) in [5.74, 6) is 0.830. The lowest BCUT2D eigenvalue weighted by Crippen LogP contribution is -2.29. The number of piperidine rings is 1. The van der Waals surface area contributed by atoms with E-state index in [1.165, 1.54) is 43.5 Å². The van der Waals surface area contributed by atoms with Crippen molar-refractivity contribution in [3.8, 4) is 0 Å². The van der Waals surface area contributed by atoms with E-state index >= 15 is 0 Å². The molecule has 6 heteroatoms. The minimum absolute atomic E-state index is 0.182. The van der Waals surface area contributed by atoms with Gasteiger partial charge < -0.3 is 11.1 Å². The largest absolute Gasteiger partial charge is 0.368 e. The summed E-state index contributed by atoms with van der Waals surface area (Å²) in [6, 6.07) is 10.2. The van der Waals surface area contributed by atoms with E-state index in [4.69, 9.17) is 17.3 Å². The zero-order valence-electron chi connectivity index (χ0n) is 13.1. The fraction of sp³-hybridized carbons (Fsp3) is 0.412. The number of halogens is 1. The molecule has 0 bridgehead atoms. The second-order valence-electron chi connectivity index (χ2n) is 5.89. The molecule has 0 atom stereocenters. The maximum atomic E-state index is 5.91. The number of nitrogens with two attached hydrogens (primary N) is 1. The molecular formula is C17H22ClN5. The number of likely N-dealkylation sites (tertiary alicyclic amines) is 1. The fourth-order valence-electron chi connectivity index (χ4n) is 2.95. The summed E-state index contributed by atoms with van der Waals surface area (Å²) in [7, 11) is 0. The van der Waals surface area contributed by atoms with Gasteiger partial charge in [0, 0.05) is 19.2 Å². The predicted molar refractivity (Wildman–Crippen MR) is 94.4 cm³/mol. The minimum atomic E-state index is 0.182. The normalized spacial score (nSPS) is 15.5. The van der Waals surface area contributed by atoms with Gasteiger partial charge in [0.1, 0.15) is 11.0 Å². The Labute approximate surface area is 141 Å². The van der Waals surface area contributed by atoms with Gasteiger partial charge in [-0.1, -0.05) is 42.3 Å². The summed E-state index contributed by atoms with van der Waals surface area (Å²) in [4.78, 5) is 10.6. The van der Waals surface area contributed by atoms with E-state index in [2.05, 4.69) is 44.5 Å². The van der Waals surface area contributed by atoms with Crippen molar-refractivity contribution in [2.24, 2.45) is 0 Å². The highest BCUT2D eigenvalue weighted by Crippen LogP contribution is 2.18. The van der Waals surface area contributed by atoms with Gasteiger partial charge in [0.05, 0.1) is 0 Å². The van der Waals surface area contributed by atoms with Crippen LogP contribution < -0.4 is 11.1 Å². The van der Waals surface area contributed by atoms with Crippen LogP contribution in [0.1, 0.15) is 30.4 Å². The van der Waals surface area contributed by atoms with Crippen molar-refractivity contribution in [3.63, 3.8) is 0 Å². The third-order valence-corrected chi connectivity index (χ3v) is 4.33. The van der Waals surface area contributed by atoms with E-state index < -0.39 is 0 Å². The molecule has 0 radical (unpaired) electrons. The van der Waals surface area contributed by atoms with Crippen LogP contribution in [-0.2, 0) is 13.1 Å². The molecule has 1 aliphatic heterocycles. The highest BCUT2D eigenvalue weighted by molar-refractivity contribution is 6.29. The van der Waals surface area contributed by atoms with Crippen molar-refractivity contribution >= 4 is 23.4 Å². The summed E-state index contributed by atoms with van der Waals surface area (Å²) < 4.78 is 0. The molecular weight excluding hydrogens is 310 g/mol.